The molecule has 0 aromatic carbocycles. The van der Waals surface area contributed by atoms with Crippen LogP contribution >= 0.6 is 11.3 Å². The van der Waals surface area contributed by atoms with Crippen LogP contribution < -0.4 is 11.5 Å². The van der Waals surface area contributed by atoms with E-state index >= 15 is 0 Å². The van der Waals surface area contributed by atoms with E-state index in [2.05, 4.69) is 4.98 Å². The minimum Gasteiger partial charge on any atom is -0.385 e. The van der Waals surface area contributed by atoms with Gasteiger partial charge < -0.3 is 16.5 Å². The van der Waals surface area contributed by atoms with Crippen molar-refractivity contribution < 1.29 is 0 Å². The van der Waals surface area contributed by atoms with E-state index in [1.807, 2.05) is 23.6 Å². The van der Waals surface area contributed by atoms with Gasteiger partial charge in [-0.2, -0.15) is 0 Å². The van der Waals surface area contributed by atoms with E-state index < -0.39 is 0 Å². The van der Waals surface area contributed by atoms with Crippen molar-refractivity contribution in [2.75, 3.05) is 11.5 Å². The Hall–Kier alpha value is -1.42. The monoisotopic (exact) mass is 179 g/mol. The minimum atomic E-state index is 0.607. The maximum absolute atomic E-state index is 5.70. The summed E-state index contributed by atoms with van der Waals surface area (Å²) in [5.74, 6) is 1.24. The van der Waals surface area contributed by atoms with Crippen LogP contribution in [0.3, 0.4) is 0 Å². The number of nitrogens with two attached hydrogens (primary N) is 2. The Morgan fingerprint density at radius 3 is 2.67 bits per heavy atom. The second-order valence-electron chi connectivity index (χ2n) is 2.53. The number of aromatic nitrogens is 1. The van der Waals surface area contributed by atoms with Gasteiger partial charge in [-0.15, -0.1) is 11.3 Å². The average molecular weight is 179 g/mol. The molecule has 2 aromatic rings. The predicted molar refractivity (Wildman–Crippen MR) is 52.9 cm³/mol. The molecule has 0 amide bonds. The van der Waals surface area contributed by atoms with Gasteiger partial charge in [0.1, 0.15) is 11.6 Å². The highest BCUT2D eigenvalue weighted by Crippen LogP contribution is 2.30. The van der Waals surface area contributed by atoms with Crippen LogP contribution in [0.4, 0.5) is 11.6 Å². The first-order chi connectivity index (χ1) is 5.77. The molecule has 0 aliphatic heterocycles. The second-order valence-corrected chi connectivity index (χ2v) is 3.48. The lowest BCUT2D eigenvalue weighted by molar-refractivity contribution is 1.42. The van der Waals surface area contributed by atoms with Gasteiger partial charge in [0, 0.05) is 10.4 Å². The predicted octanol–water partition coefficient (Wildman–Crippen LogP) is 1.91. The van der Waals surface area contributed by atoms with Gasteiger partial charge in [0.2, 0.25) is 0 Å². The van der Waals surface area contributed by atoms with Crippen LogP contribution in [-0.4, -0.2) is 4.98 Å². The summed E-state index contributed by atoms with van der Waals surface area (Å²) in [7, 11) is 0. The molecule has 5 N–H and O–H groups in total. The van der Waals surface area contributed by atoms with Gasteiger partial charge >= 0.3 is 0 Å². The van der Waals surface area contributed by atoms with Crippen LogP contribution in [0.25, 0.3) is 10.4 Å². The molecule has 0 aliphatic carbocycles. The normalized spacial score (nSPS) is 10.3. The summed E-state index contributed by atoms with van der Waals surface area (Å²) in [6.07, 6.45) is 0. The standard InChI is InChI=1S/C8H9N3S/c9-7-4-5(8(10)11-7)6-2-1-3-12-6/h1-4,11H,9-10H2. The van der Waals surface area contributed by atoms with Gasteiger partial charge in [0.15, 0.2) is 0 Å². The first-order valence-electron chi connectivity index (χ1n) is 3.55. The Morgan fingerprint density at radius 2 is 2.17 bits per heavy atom. The number of thiophene rings is 1. The number of rotatable bonds is 1. The van der Waals surface area contributed by atoms with E-state index in [1.165, 1.54) is 0 Å². The minimum absolute atomic E-state index is 0.607. The van der Waals surface area contributed by atoms with Crippen molar-refractivity contribution in [3.05, 3.63) is 23.6 Å². The van der Waals surface area contributed by atoms with E-state index in [1.54, 1.807) is 11.3 Å². The van der Waals surface area contributed by atoms with E-state index in [0.717, 1.165) is 10.4 Å². The fraction of sp³-hybridized carbons (Fsp3) is 0. The molecule has 0 atom stereocenters. The summed E-state index contributed by atoms with van der Waals surface area (Å²) < 4.78 is 0. The van der Waals surface area contributed by atoms with Crippen LogP contribution in [0, 0.1) is 0 Å². The highest BCUT2D eigenvalue weighted by Gasteiger charge is 2.05. The molecule has 62 valence electrons. The fourth-order valence-electron chi connectivity index (χ4n) is 1.13. The van der Waals surface area contributed by atoms with Crippen molar-refractivity contribution in [1.29, 1.82) is 0 Å². The topological polar surface area (TPSA) is 67.8 Å². The number of anilines is 2. The fourth-order valence-corrected chi connectivity index (χ4v) is 1.88. The Kier molecular flexibility index (Phi) is 1.55. The van der Waals surface area contributed by atoms with Crippen LogP contribution in [0.2, 0.25) is 0 Å². The first-order valence-corrected chi connectivity index (χ1v) is 4.43. The number of nitrogen functional groups attached to an aromatic ring is 2. The summed E-state index contributed by atoms with van der Waals surface area (Å²) in [4.78, 5) is 4.00. The van der Waals surface area contributed by atoms with Crippen molar-refractivity contribution in [3.8, 4) is 10.4 Å². The quantitative estimate of drug-likeness (QED) is 0.626. The van der Waals surface area contributed by atoms with Crippen LogP contribution in [0.5, 0.6) is 0 Å². The van der Waals surface area contributed by atoms with Crippen molar-refractivity contribution in [3.63, 3.8) is 0 Å². The molecule has 2 aromatic heterocycles. The van der Waals surface area contributed by atoms with E-state index in [-0.39, 0.29) is 0 Å². The Bertz CT molecular complexity index is 375. The lowest BCUT2D eigenvalue weighted by Gasteiger charge is -1.92. The molecule has 2 rings (SSSR count). The van der Waals surface area contributed by atoms with E-state index in [4.69, 9.17) is 11.5 Å². The van der Waals surface area contributed by atoms with Gasteiger partial charge in [-0.25, -0.2) is 0 Å². The molecule has 0 unspecified atom stereocenters. The maximum atomic E-state index is 5.70. The first kappa shape index (κ1) is 7.24. The SMILES string of the molecule is Nc1cc(-c2cccs2)c(N)[nH]1. The van der Waals surface area contributed by atoms with Crippen molar-refractivity contribution in [1.82, 2.24) is 4.98 Å². The molecule has 4 heteroatoms. The third-order valence-electron chi connectivity index (χ3n) is 1.66. The number of nitrogens with one attached hydrogen (secondary N) is 1. The zero-order valence-electron chi connectivity index (χ0n) is 6.37. The molecule has 0 bridgehead atoms. The smallest absolute Gasteiger partial charge is 0.111 e. The molecular formula is C8H9N3S. The Morgan fingerprint density at radius 1 is 1.33 bits per heavy atom. The molecule has 2 heterocycles. The summed E-state index contributed by atoms with van der Waals surface area (Å²) in [6, 6.07) is 5.85. The van der Waals surface area contributed by atoms with Crippen molar-refractivity contribution in [2.45, 2.75) is 0 Å². The van der Waals surface area contributed by atoms with Gasteiger partial charge in [0.25, 0.3) is 0 Å². The number of hydrogen-bond donors (Lipinski definition) is 3. The van der Waals surface area contributed by atoms with Crippen molar-refractivity contribution in [2.24, 2.45) is 0 Å². The highest BCUT2D eigenvalue weighted by atomic mass is 32.1. The third kappa shape index (κ3) is 1.06. The van der Waals surface area contributed by atoms with Crippen LogP contribution in [-0.2, 0) is 0 Å². The molecule has 0 saturated carbocycles. The molecule has 0 aliphatic rings. The average Bonchev–Trinajstić information content (AvgIpc) is 2.58. The summed E-state index contributed by atoms with van der Waals surface area (Å²) in [6.45, 7) is 0. The lowest BCUT2D eigenvalue weighted by atomic mass is 10.2. The van der Waals surface area contributed by atoms with Gasteiger partial charge in [-0.05, 0) is 17.5 Å². The number of H-pyrrole nitrogens is 1. The van der Waals surface area contributed by atoms with Gasteiger partial charge in [-0.3, -0.25) is 0 Å². The molecule has 0 saturated heterocycles. The zero-order valence-corrected chi connectivity index (χ0v) is 7.19. The van der Waals surface area contributed by atoms with Crippen molar-refractivity contribution >= 4 is 23.0 Å². The lowest BCUT2D eigenvalue weighted by Crippen LogP contribution is -1.87. The Labute approximate surface area is 74.0 Å². The number of aromatic amines is 1. The van der Waals surface area contributed by atoms with Crippen LogP contribution in [0.15, 0.2) is 23.6 Å². The summed E-state index contributed by atoms with van der Waals surface area (Å²) in [5.41, 5.74) is 12.2. The second kappa shape index (κ2) is 2.57. The largest absolute Gasteiger partial charge is 0.385 e. The molecule has 0 spiro atoms. The highest BCUT2D eigenvalue weighted by molar-refractivity contribution is 7.13. The summed E-state index contributed by atoms with van der Waals surface area (Å²) in [5, 5.41) is 2.01. The molecular weight excluding hydrogens is 170 g/mol. The zero-order chi connectivity index (χ0) is 8.55. The number of hydrogen-bond acceptors (Lipinski definition) is 3. The van der Waals surface area contributed by atoms with Crippen LogP contribution in [0.1, 0.15) is 0 Å². The van der Waals surface area contributed by atoms with E-state index in [9.17, 15) is 0 Å². The molecule has 0 fully saturated rings. The summed E-state index contributed by atoms with van der Waals surface area (Å²) >= 11 is 1.65. The molecule has 3 nitrogen and oxygen atoms in total. The Balaban J connectivity index is 2.54. The van der Waals surface area contributed by atoms with Gasteiger partial charge in [0.05, 0.1) is 0 Å². The maximum Gasteiger partial charge on any atom is 0.111 e. The van der Waals surface area contributed by atoms with E-state index in [0.29, 0.717) is 11.6 Å². The molecule has 0 radical (unpaired) electrons. The third-order valence-corrected chi connectivity index (χ3v) is 2.56. The van der Waals surface area contributed by atoms with Gasteiger partial charge in [-0.1, -0.05) is 6.07 Å². The molecule has 12 heavy (non-hydrogen) atoms.